The lowest BCUT2D eigenvalue weighted by molar-refractivity contribution is 0.460. The zero-order chi connectivity index (χ0) is 13.1. The number of halogens is 1. The quantitative estimate of drug-likeness (QED) is 0.835. The zero-order valence-corrected chi connectivity index (χ0v) is 10.5. The van der Waals surface area contributed by atoms with Crippen molar-refractivity contribution in [2.24, 2.45) is 0 Å². The highest BCUT2D eigenvalue weighted by molar-refractivity contribution is 6.32. The fourth-order valence-corrected chi connectivity index (χ4v) is 1.66. The molecule has 1 heterocycles. The van der Waals surface area contributed by atoms with Crippen LogP contribution in [0.1, 0.15) is 12.7 Å². The number of aromatic nitrogens is 2. The van der Waals surface area contributed by atoms with Crippen LogP contribution in [0.25, 0.3) is 0 Å². The van der Waals surface area contributed by atoms with Crippen LogP contribution in [0, 0.1) is 0 Å². The van der Waals surface area contributed by atoms with Crippen molar-refractivity contribution >= 4 is 17.3 Å². The maximum atomic E-state index is 11.4. The highest BCUT2D eigenvalue weighted by Gasteiger charge is 2.09. The van der Waals surface area contributed by atoms with Gasteiger partial charge in [-0.3, -0.25) is 4.79 Å². The maximum Gasteiger partial charge on any atom is 0.254 e. The smallest absolute Gasteiger partial charge is 0.254 e. The average Bonchev–Trinajstić information content (AvgIpc) is 2.33. The second kappa shape index (κ2) is 5.10. The molecule has 0 saturated heterocycles. The zero-order valence-electron chi connectivity index (χ0n) is 9.74. The van der Waals surface area contributed by atoms with E-state index in [1.165, 1.54) is 6.07 Å². The predicted molar refractivity (Wildman–Crippen MR) is 70.2 cm³/mol. The largest absolute Gasteiger partial charge is 0.435 e. The minimum Gasteiger partial charge on any atom is -0.435 e. The number of para-hydroxylation sites is 1. The van der Waals surface area contributed by atoms with E-state index < -0.39 is 0 Å². The second-order valence-corrected chi connectivity index (χ2v) is 4.05. The van der Waals surface area contributed by atoms with E-state index in [0.29, 0.717) is 28.7 Å². The topological polar surface area (TPSA) is 81.0 Å². The van der Waals surface area contributed by atoms with Gasteiger partial charge in [-0.1, -0.05) is 24.6 Å². The van der Waals surface area contributed by atoms with Crippen molar-refractivity contribution < 1.29 is 4.74 Å². The van der Waals surface area contributed by atoms with Crippen LogP contribution in [0.2, 0.25) is 5.02 Å². The third-order valence-electron chi connectivity index (χ3n) is 2.31. The number of H-pyrrole nitrogens is 1. The normalized spacial score (nSPS) is 10.3. The number of nitrogen functional groups attached to an aromatic ring is 1. The minimum absolute atomic E-state index is 0.176. The lowest BCUT2D eigenvalue weighted by Crippen LogP contribution is -2.10. The van der Waals surface area contributed by atoms with Gasteiger partial charge in [0.15, 0.2) is 5.75 Å². The number of rotatable bonds is 3. The number of nitrogens with zero attached hydrogens (tertiary/aromatic N) is 1. The Morgan fingerprint density at radius 2 is 2.28 bits per heavy atom. The Morgan fingerprint density at radius 3 is 2.94 bits per heavy atom. The summed E-state index contributed by atoms with van der Waals surface area (Å²) in [5.41, 5.74) is 5.87. The van der Waals surface area contributed by atoms with Crippen LogP contribution >= 0.6 is 11.6 Å². The van der Waals surface area contributed by atoms with Crippen LogP contribution in [0.4, 0.5) is 5.69 Å². The number of hydrogen-bond acceptors (Lipinski definition) is 4. The Kier molecular flexibility index (Phi) is 3.53. The summed E-state index contributed by atoms with van der Waals surface area (Å²) in [6.45, 7) is 1.88. The van der Waals surface area contributed by atoms with Gasteiger partial charge in [0.1, 0.15) is 5.82 Å². The van der Waals surface area contributed by atoms with E-state index in [0.717, 1.165) is 0 Å². The van der Waals surface area contributed by atoms with Gasteiger partial charge in [0.2, 0.25) is 5.88 Å². The van der Waals surface area contributed by atoms with Gasteiger partial charge < -0.3 is 15.5 Å². The molecule has 0 bridgehead atoms. The number of nitrogens with two attached hydrogens (primary N) is 1. The first-order valence-corrected chi connectivity index (χ1v) is 5.80. The Bertz CT molecular complexity index is 605. The highest BCUT2D eigenvalue weighted by atomic mass is 35.5. The molecule has 0 saturated carbocycles. The molecule has 0 radical (unpaired) electrons. The summed E-state index contributed by atoms with van der Waals surface area (Å²) < 4.78 is 5.48. The molecule has 0 atom stereocenters. The average molecular weight is 266 g/mol. The lowest BCUT2D eigenvalue weighted by Gasteiger charge is -2.09. The van der Waals surface area contributed by atoms with Gasteiger partial charge in [0.25, 0.3) is 5.56 Å². The number of aryl methyl sites for hydroxylation is 1. The van der Waals surface area contributed by atoms with E-state index in [2.05, 4.69) is 9.97 Å². The molecule has 0 spiro atoms. The molecule has 0 fully saturated rings. The molecule has 18 heavy (non-hydrogen) atoms. The van der Waals surface area contributed by atoms with Crippen LogP contribution in [-0.4, -0.2) is 9.97 Å². The van der Waals surface area contributed by atoms with Crippen LogP contribution in [0.3, 0.4) is 0 Å². The van der Waals surface area contributed by atoms with Crippen molar-refractivity contribution in [2.75, 3.05) is 5.73 Å². The standard InChI is InChI=1S/C12H12ClN3O2/c1-2-9-15-10(17)6-11(16-9)18-12-7(13)4-3-5-8(12)14/h3-6H,2,14H2,1H3,(H,15,16,17). The molecule has 2 rings (SSSR count). The fraction of sp³-hybridized carbons (Fsp3) is 0.167. The first-order chi connectivity index (χ1) is 8.60. The van der Waals surface area contributed by atoms with Crippen LogP contribution in [0.5, 0.6) is 11.6 Å². The summed E-state index contributed by atoms with van der Waals surface area (Å²) in [5, 5.41) is 0.370. The third kappa shape index (κ3) is 2.62. The van der Waals surface area contributed by atoms with Crippen molar-refractivity contribution in [3.63, 3.8) is 0 Å². The summed E-state index contributed by atoms with van der Waals surface area (Å²) in [6, 6.07) is 6.28. The van der Waals surface area contributed by atoms with Crippen molar-refractivity contribution in [1.82, 2.24) is 9.97 Å². The predicted octanol–water partition coefficient (Wildman–Crippen LogP) is 2.36. The molecular formula is C12H12ClN3O2. The first kappa shape index (κ1) is 12.4. The molecule has 5 nitrogen and oxygen atoms in total. The maximum absolute atomic E-state index is 11.4. The van der Waals surface area contributed by atoms with Gasteiger partial charge in [-0.05, 0) is 12.1 Å². The number of anilines is 1. The number of ether oxygens (including phenoxy) is 1. The molecule has 0 aliphatic carbocycles. The van der Waals surface area contributed by atoms with E-state index in [1.54, 1.807) is 18.2 Å². The minimum atomic E-state index is -0.275. The van der Waals surface area contributed by atoms with Crippen LogP contribution < -0.4 is 16.0 Å². The van der Waals surface area contributed by atoms with Crippen LogP contribution in [0.15, 0.2) is 29.1 Å². The molecule has 1 aromatic carbocycles. The van der Waals surface area contributed by atoms with E-state index in [-0.39, 0.29) is 11.4 Å². The van der Waals surface area contributed by atoms with Crippen molar-refractivity contribution in [3.8, 4) is 11.6 Å². The summed E-state index contributed by atoms with van der Waals surface area (Å²) in [6.07, 6.45) is 0.602. The van der Waals surface area contributed by atoms with Gasteiger partial charge >= 0.3 is 0 Å². The molecular weight excluding hydrogens is 254 g/mol. The molecule has 2 aromatic rings. The molecule has 0 aliphatic heterocycles. The summed E-state index contributed by atoms with van der Waals surface area (Å²) in [7, 11) is 0. The Hall–Kier alpha value is -2.01. The summed E-state index contributed by atoms with van der Waals surface area (Å²) in [4.78, 5) is 18.1. The summed E-state index contributed by atoms with van der Waals surface area (Å²) in [5.74, 6) is 1.03. The monoisotopic (exact) mass is 265 g/mol. The highest BCUT2D eigenvalue weighted by Crippen LogP contribution is 2.33. The SMILES string of the molecule is CCc1nc(Oc2c(N)cccc2Cl)cc(=O)[nH]1. The number of aromatic amines is 1. The van der Waals surface area contributed by atoms with Gasteiger partial charge in [0, 0.05) is 6.42 Å². The number of hydrogen-bond donors (Lipinski definition) is 2. The molecule has 0 unspecified atom stereocenters. The van der Waals surface area contributed by atoms with Gasteiger partial charge in [0.05, 0.1) is 16.8 Å². The van der Waals surface area contributed by atoms with E-state index in [9.17, 15) is 4.79 Å². The lowest BCUT2D eigenvalue weighted by atomic mass is 10.3. The fourth-order valence-electron chi connectivity index (χ4n) is 1.44. The van der Waals surface area contributed by atoms with Crippen molar-refractivity contribution in [3.05, 3.63) is 45.5 Å². The van der Waals surface area contributed by atoms with Crippen molar-refractivity contribution in [1.29, 1.82) is 0 Å². The molecule has 0 aliphatic rings. The number of benzene rings is 1. The third-order valence-corrected chi connectivity index (χ3v) is 2.60. The Balaban J connectivity index is 2.40. The first-order valence-electron chi connectivity index (χ1n) is 5.42. The second-order valence-electron chi connectivity index (χ2n) is 3.64. The van der Waals surface area contributed by atoms with E-state index in [4.69, 9.17) is 22.1 Å². The van der Waals surface area contributed by atoms with Crippen molar-refractivity contribution in [2.45, 2.75) is 13.3 Å². The molecule has 1 aromatic heterocycles. The van der Waals surface area contributed by atoms with Gasteiger partial charge in [-0.15, -0.1) is 0 Å². The molecule has 3 N–H and O–H groups in total. The van der Waals surface area contributed by atoms with Gasteiger partial charge in [-0.25, -0.2) is 0 Å². The van der Waals surface area contributed by atoms with E-state index in [1.807, 2.05) is 6.92 Å². The Morgan fingerprint density at radius 1 is 1.50 bits per heavy atom. The Labute approximate surface area is 109 Å². The van der Waals surface area contributed by atoms with Crippen LogP contribution in [-0.2, 0) is 6.42 Å². The van der Waals surface area contributed by atoms with Gasteiger partial charge in [-0.2, -0.15) is 4.98 Å². The molecule has 94 valence electrons. The summed E-state index contributed by atoms with van der Waals surface area (Å²) >= 11 is 5.97. The number of nitrogens with one attached hydrogen (secondary N) is 1. The molecule has 0 amide bonds. The van der Waals surface area contributed by atoms with E-state index >= 15 is 0 Å². The molecule has 6 heteroatoms.